The third kappa shape index (κ3) is 6.52. The average molecular weight is 519 g/mol. The Morgan fingerprint density at radius 3 is 2.87 bits per heavy atom. The summed E-state index contributed by atoms with van der Waals surface area (Å²) in [4.78, 5) is 7.10. The van der Waals surface area contributed by atoms with Crippen molar-refractivity contribution in [1.29, 1.82) is 5.26 Å². The van der Waals surface area contributed by atoms with Gasteiger partial charge < -0.3 is 20.3 Å². The van der Waals surface area contributed by atoms with Crippen molar-refractivity contribution >= 4 is 35.6 Å². The van der Waals surface area contributed by atoms with Gasteiger partial charge in [0.05, 0.1) is 31.0 Å². The molecule has 1 fully saturated rings. The Morgan fingerprint density at radius 2 is 2.10 bits per heavy atom. The summed E-state index contributed by atoms with van der Waals surface area (Å²) in [5.74, 6) is 1.72. The van der Waals surface area contributed by atoms with Gasteiger partial charge in [-0.1, -0.05) is 24.3 Å². The summed E-state index contributed by atoms with van der Waals surface area (Å²) < 4.78 is 5.54. The van der Waals surface area contributed by atoms with Gasteiger partial charge in [-0.3, -0.25) is 0 Å². The first-order chi connectivity index (χ1) is 14.2. The van der Waals surface area contributed by atoms with Gasteiger partial charge in [0.25, 0.3) is 0 Å². The van der Waals surface area contributed by atoms with E-state index in [1.807, 2.05) is 36.4 Å². The van der Waals surface area contributed by atoms with Crippen molar-refractivity contribution in [2.45, 2.75) is 32.4 Å². The smallest absolute Gasteiger partial charge is 0.191 e. The maximum Gasteiger partial charge on any atom is 0.191 e. The first-order valence-corrected chi connectivity index (χ1v) is 10.1. The van der Waals surface area contributed by atoms with Gasteiger partial charge in [-0.25, -0.2) is 4.99 Å². The fourth-order valence-electron chi connectivity index (χ4n) is 3.63. The van der Waals surface area contributed by atoms with Gasteiger partial charge in [0, 0.05) is 25.7 Å². The lowest BCUT2D eigenvalue weighted by molar-refractivity contribution is 0.408. The summed E-state index contributed by atoms with van der Waals surface area (Å²) in [6, 6.07) is 18.2. The molecule has 0 amide bonds. The molecule has 0 radical (unpaired) electrons. The Hall–Kier alpha value is -2.47. The number of ether oxygens (including phenoxy) is 1. The van der Waals surface area contributed by atoms with Crippen molar-refractivity contribution in [3.8, 4) is 11.8 Å². The molecule has 30 heavy (non-hydrogen) atoms. The van der Waals surface area contributed by atoms with Crippen LogP contribution in [-0.2, 0) is 6.54 Å². The zero-order chi connectivity index (χ0) is 20.5. The highest BCUT2D eigenvalue weighted by Gasteiger charge is 2.22. The molecule has 1 saturated heterocycles. The highest BCUT2D eigenvalue weighted by molar-refractivity contribution is 14.0. The number of piperidine rings is 1. The minimum Gasteiger partial charge on any atom is -0.495 e. The molecule has 0 saturated carbocycles. The molecule has 7 heteroatoms. The Bertz CT molecular complexity index is 880. The van der Waals surface area contributed by atoms with Crippen molar-refractivity contribution in [3.05, 3.63) is 59.7 Å². The fraction of sp³-hybridized carbons (Fsp3) is 0.391. The molecule has 2 aromatic rings. The minimum atomic E-state index is 0. The number of hydrogen-bond donors (Lipinski definition) is 2. The number of anilines is 1. The molecule has 160 valence electrons. The quantitative estimate of drug-likeness (QED) is 0.344. The lowest BCUT2D eigenvalue weighted by Gasteiger charge is -2.36. The normalized spacial score (nSPS) is 16.2. The van der Waals surface area contributed by atoms with E-state index >= 15 is 0 Å². The van der Waals surface area contributed by atoms with Crippen LogP contribution in [0, 0.1) is 11.3 Å². The molecule has 0 aromatic heterocycles. The van der Waals surface area contributed by atoms with Crippen molar-refractivity contribution in [2.24, 2.45) is 4.99 Å². The molecule has 6 nitrogen and oxygen atoms in total. The highest BCUT2D eigenvalue weighted by Crippen LogP contribution is 2.29. The Balaban J connectivity index is 0.00000320. The van der Waals surface area contributed by atoms with Gasteiger partial charge in [0.1, 0.15) is 5.75 Å². The Morgan fingerprint density at radius 1 is 1.27 bits per heavy atom. The second-order valence-corrected chi connectivity index (χ2v) is 7.11. The number of rotatable bonds is 6. The number of nitriles is 1. The van der Waals surface area contributed by atoms with Gasteiger partial charge in [-0.05, 0) is 49.6 Å². The maximum atomic E-state index is 9.07. The molecular formula is C23H30IN5O. The number of halogens is 1. The Labute approximate surface area is 196 Å². The highest BCUT2D eigenvalue weighted by atomic mass is 127. The molecule has 1 aliphatic heterocycles. The van der Waals surface area contributed by atoms with E-state index in [0.717, 1.165) is 55.4 Å². The monoisotopic (exact) mass is 519 g/mol. The first-order valence-electron chi connectivity index (χ1n) is 10.1. The summed E-state index contributed by atoms with van der Waals surface area (Å²) in [5.41, 5.74) is 2.83. The molecule has 1 aliphatic rings. The number of nitrogens with zero attached hydrogens (tertiary/aromatic N) is 3. The van der Waals surface area contributed by atoms with E-state index in [4.69, 9.17) is 15.0 Å². The molecule has 0 spiro atoms. The topological polar surface area (TPSA) is 72.7 Å². The van der Waals surface area contributed by atoms with Crippen LogP contribution in [0.25, 0.3) is 0 Å². The summed E-state index contributed by atoms with van der Waals surface area (Å²) in [5, 5.41) is 16.0. The van der Waals surface area contributed by atoms with E-state index in [0.29, 0.717) is 18.2 Å². The second-order valence-electron chi connectivity index (χ2n) is 7.11. The first kappa shape index (κ1) is 23.8. The third-order valence-electron chi connectivity index (χ3n) is 5.01. The zero-order valence-corrected chi connectivity index (χ0v) is 19.9. The summed E-state index contributed by atoms with van der Waals surface area (Å²) >= 11 is 0. The van der Waals surface area contributed by atoms with Gasteiger partial charge >= 0.3 is 0 Å². The number of aliphatic imine (C=N–C) groups is 1. The van der Waals surface area contributed by atoms with Crippen LogP contribution in [-0.4, -0.2) is 38.7 Å². The van der Waals surface area contributed by atoms with Crippen LogP contribution >= 0.6 is 24.0 Å². The van der Waals surface area contributed by atoms with E-state index < -0.39 is 0 Å². The molecule has 3 rings (SSSR count). The zero-order valence-electron chi connectivity index (χ0n) is 17.6. The predicted octanol–water partition coefficient (Wildman–Crippen LogP) is 3.91. The number of hydrogen-bond acceptors (Lipinski definition) is 4. The Kier molecular flexibility index (Phi) is 9.74. The second kappa shape index (κ2) is 12.3. The third-order valence-corrected chi connectivity index (χ3v) is 5.01. The van der Waals surface area contributed by atoms with Crippen molar-refractivity contribution in [2.75, 3.05) is 31.6 Å². The van der Waals surface area contributed by atoms with Crippen LogP contribution in [0.2, 0.25) is 0 Å². The standard InChI is InChI=1S/C23H29N5O.HI/c1-3-25-23(26-16-19-9-6-8-18(14-19)15-24)27-20-10-7-13-28(17-20)21-11-4-5-12-22(21)29-2;/h4-6,8-9,11-12,14,20H,3,7,10,13,16-17H2,1-2H3,(H2,25,26,27);1H. The van der Waals surface area contributed by atoms with Crippen LogP contribution in [0.5, 0.6) is 5.75 Å². The molecule has 1 unspecified atom stereocenters. The fourth-order valence-corrected chi connectivity index (χ4v) is 3.63. The van der Waals surface area contributed by atoms with Crippen LogP contribution in [0.15, 0.2) is 53.5 Å². The van der Waals surface area contributed by atoms with Gasteiger partial charge in [-0.15, -0.1) is 24.0 Å². The molecule has 2 aromatic carbocycles. The van der Waals surface area contributed by atoms with Crippen molar-refractivity contribution in [1.82, 2.24) is 10.6 Å². The maximum absolute atomic E-state index is 9.07. The van der Waals surface area contributed by atoms with Crippen LogP contribution in [0.1, 0.15) is 30.9 Å². The van der Waals surface area contributed by atoms with E-state index in [2.05, 4.69) is 40.7 Å². The van der Waals surface area contributed by atoms with Crippen molar-refractivity contribution < 1.29 is 4.74 Å². The van der Waals surface area contributed by atoms with E-state index in [-0.39, 0.29) is 24.0 Å². The summed E-state index contributed by atoms with van der Waals surface area (Å²) in [7, 11) is 1.72. The van der Waals surface area contributed by atoms with Crippen molar-refractivity contribution in [3.63, 3.8) is 0 Å². The molecular weight excluding hydrogens is 489 g/mol. The van der Waals surface area contributed by atoms with Gasteiger partial charge in [0.2, 0.25) is 0 Å². The number of guanidine groups is 1. The number of methoxy groups -OCH3 is 1. The number of nitrogens with one attached hydrogen (secondary N) is 2. The number of benzene rings is 2. The lowest BCUT2D eigenvalue weighted by Crippen LogP contribution is -2.51. The predicted molar refractivity (Wildman–Crippen MR) is 133 cm³/mol. The SMILES string of the molecule is CCNC(=NCc1cccc(C#N)c1)NC1CCCN(c2ccccc2OC)C1.I. The molecule has 1 atom stereocenters. The minimum absolute atomic E-state index is 0. The molecule has 1 heterocycles. The van der Waals surface area contributed by atoms with Gasteiger partial charge in [-0.2, -0.15) is 5.26 Å². The summed E-state index contributed by atoms with van der Waals surface area (Å²) in [6.45, 7) is 5.32. The van der Waals surface area contributed by atoms with E-state index in [1.54, 1.807) is 7.11 Å². The number of para-hydroxylation sites is 2. The molecule has 2 N–H and O–H groups in total. The van der Waals surface area contributed by atoms with Crippen LogP contribution < -0.4 is 20.3 Å². The van der Waals surface area contributed by atoms with Gasteiger partial charge in [0.15, 0.2) is 5.96 Å². The molecule has 0 aliphatic carbocycles. The van der Waals surface area contributed by atoms with E-state index in [9.17, 15) is 0 Å². The lowest BCUT2D eigenvalue weighted by atomic mass is 10.0. The largest absolute Gasteiger partial charge is 0.495 e. The van der Waals surface area contributed by atoms with Crippen LogP contribution in [0.4, 0.5) is 5.69 Å². The summed E-state index contributed by atoms with van der Waals surface area (Å²) in [6.07, 6.45) is 2.21. The average Bonchev–Trinajstić information content (AvgIpc) is 2.78. The van der Waals surface area contributed by atoms with E-state index in [1.165, 1.54) is 0 Å². The van der Waals surface area contributed by atoms with Crippen LogP contribution in [0.3, 0.4) is 0 Å². The molecule has 0 bridgehead atoms.